The first-order valence-corrected chi connectivity index (χ1v) is 9.33. The summed E-state index contributed by atoms with van der Waals surface area (Å²) in [7, 11) is 3.24. The number of hydrogen-bond acceptors (Lipinski definition) is 5. The van der Waals surface area contributed by atoms with Crippen LogP contribution in [0.5, 0.6) is 11.5 Å². The third-order valence-electron chi connectivity index (χ3n) is 5.03. The van der Waals surface area contributed by atoms with Crippen LogP contribution in [0.15, 0.2) is 30.3 Å². The number of anilines is 1. The predicted molar refractivity (Wildman–Crippen MR) is 108 cm³/mol. The van der Waals surface area contributed by atoms with Gasteiger partial charge in [-0.3, -0.25) is 9.69 Å². The van der Waals surface area contributed by atoms with Gasteiger partial charge in [0.05, 0.1) is 32.0 Å². The average Bonchev–Trinajstić information content (AvgIpc) is 2.69. The van der Waals surface area contributed by atoms with Gasteiger partial charge in [-0.2, -0.15) is 5.26 Å². The normalized spacial score (nSPS) is 16.0. The van der Waals surface area contributed by atoms with E-state index in [0.717, 1.165) is 18.5 Å². The van der Waals surface area contributed by atoms with Gasteiger partial charge in [0.15, 0.2) is 11.5 Å². The van der Waals surface area contributed by atoms with Crippen LogP contribution in [0.2, 0.25) is 5.02 Å². The van der Waals surface area contributed by atoms with Crippen molar-refractivity contribution in [3.05, 3.63) is 52.0 Å². The molecule has 0 fully saturated rings. The fourth-order valence-electron chi connectivity index (χ4n) is 3.50. The molecule has 0 aliphatic carbocycles. The van der Waals surface area contributed by atoms with E-state index in [-0.39, 0.29) is 18.5 Å². The van der Waals surface area contributed by atoms with Crippen LogP contribution in [0.25, 0.3) is 0 Å². The average molecular weight is 400 g/mol. The maximum atomic E-state index is 12.6. The molecule has 146 valence electrons. The number of fused-ring (bicyclic) bond motifs is 1. The van der Waals surface area contributed by atoms with Crippen LogP contribution in [0.1, 0.15) is 29.7 Å². The zero-order chi connectivity index (χ0) is 20.3. The molecule has 1 aliphatic rings. The van der Waals surface area contributed by atoms with Gasteiger partial charge >= 0.3 is 0 Å². The highest BCUT2D eigenvalue weighted by Crippen LogP contribution is 2.37. The molecule has 0 unspecified atom stereocenters. The summed E-state index contributed by atoms with van der Waals surface area (Å²) in [5.41, 5.74) is 3.13. The minimum atomic E-state index is -0.186. The van der Waals surface area contributed by atoms with Crippen molar-refractivity contribution < 1.29 is 14.3 Å². The van der Waals surface area contributed by atoms with Gasteiger partial charge in [-0.15, -0.1) is 0 Å². The molecule has 28 heavy (non-hydrogen) atoms. The molecule has 1 amide bonds. The lowest BCUT2D eigenvalue weighted by atomic mass is 9.93. The largest absolute Gasteiger partial charge is 0.493 e. The molecule has 6 nitrogen and oxygen atoms in total. The van der Waals surface area contributed by atoms with Gasteiger partial charge < -0.3 is 14.8 Å². The number of nitriles is 1. The van der Waals surface area contributed by atoms with Gasteiger partial charge in [-0.05, 0) is 54.8 Å². The standard InChI is InChI=1S/C21H22ClN3O3/c1-13-17-10-20(28-3)19(27-2)8-14(17)6-7-25(13)12-21(26)24-18-9-16(22)5-4-15(18)11-23/h4-5,8-10,13H,6-7,12H2,1-3H3,(H,24,26)/t13-/m1/s1. The monoisotopic (exact) mass is 399 g/mol. The maximum Gasteiger partial charge on any atom is 0.238 e. The lowest BCUT2D eigenvalue weighted by Crippen LogP contribution is -2.39. The number of nitrogens with one attached hydrogen (secondary N) is 1. The Hall–Kier alpha value is -2.75. The molecule has 0 aromatic heterocycles. The van der Waals surface area contributed by atoms with Gasteiger partial charge in [0, 0.05) is 17.6 Å². The Balaban J connectivity index is 1.75. The van der Waals surface area contributed by atoms with E-state index in [0.29, 0.717) is 27.8 Å². The zero-order valence-electron chi connectivity index (χ0n) is 16.1. The fraction of sp³-hybridized carbons (Fsp3) is 0.333. The van der Waals surface area contributed by atoms with Gasteiger partial charge in [0.1, 0.15) is 6.07 Å². The van der Waals surface area contributed by atoms with E-state index < -0.39 is 0 Å². The summed E-state index contributed by atoms with van der Waals surface area (Å²) in [5.74, 6) is 1.20. The third-order valence-corrected chi connectivity index (χ3v) is 5.27. The third kappa shape index (κ3) is 4.06. The van der Waals surface area contributed by atoms with E-state index in [2.05, 4.69) is 23.2 Å². The first-order valence-electron chi connectivity index (χ1n) is 8.95. The first kappa shape index (κ1) is 20.0. The number of ether oxygens (including phenoxy) is 2. The second-order valence-electron chi connectivity index (χ2n) is 6.65. The van der Waals surface area contributed by atoms with E-state index in [1.165, 1.54) is 5.56 Å². The molecule has 1 heterocycles. The number of halogens is 1. The second kappa shape index (κ2) is 8.51. The van der Waals surface area contributed by atoms with Gasteiger partial charge in [0.25, 0.3) is 0 Å². The van der Waals surface area contributed by atoms with E-state index in [1.807, 2.05) is 12.1 Å². The Morgan fingerprint density at radius 1 is 1.29 bits per heavy atom. The minimum Gasteiger partial charge on any atom is -0.493 e. The summed E-state index contributed by atoms with van der Waals surface area (Å²) in [4.78, 5) is 14.7. The van der Waals surface area contributed by atoms with Crippen molar-refractivity contribution in [3.63, 3.8) is 0 Å². The molecule has 0 spiro atoms. The van der Waals surface area contributed by atoms with Crippen LogP contribution in [0, 0.1) is 11.3 Å². The lowest BCUT2D eigenvalue weighted by Gasteiger charge is -2.35. The summed E-state index contributed by atoms with van der Waals surface area (Å²) in [5, 5.41) is 12.5. The van der Waals surface area contributed by atoms with E-state index >= 15 is 0 Å². The molecule has 0 saturated carbocycles. The maximum absolute atomic E-state index is 12.6. The highest BCUT2D eigenvalue weighted by molar-refractivity contribution is 6.31. The molecule has 1 aliphatic heterocycles. The van der Waals surface area contributed by atoms with Crippen molar-refractivity contribution in [1.82, 2.24) is 4.90 Å². The fourth-order valence-corrected chi connectivity index (χ4v) is 3.68. The highest BCUT2D eigenvalue weighted by Gasteiger charge is 2.27. The van der Waals surface area contributed by atoms with Crippen molar-refractivity contribution in [2.75, 3.05) is 32.6 Å². The van der Waals surface area contributed by atoms with Gasteiger partial charge in [0.2, 0.25) is 5.91 Å². The molecule has 1 N–H and O–H groups in total. The molecule has 2 aromatic rings. The van der Waals surface area contributed by atoms with Crippen LogP contribution in [0.3, 0.4) is 0 Å². The van der Waals surface area contributed by atoms with Crippen molar-refractivity contribution in [3.8, 4) is 17.6 Å². The topological polar surface area (TPSA) is 74.6 Å². The van der Waals surface area contributed by atoms with Crippen molar-refractivity contribution >= 4 is 23.2 Å². The number of benzene rings is 2. The molecule has 2 aromatic carbocycles. The Morgan fingerprint density at radius 2 is 2.00 bits per heavy atom. The quantitative estimate of drug-likeness (QED) is 0.827. The molecular formula is C21H22ClN3O3. The second-order valence-corrected chi connectivity index (χ2v) is 7.09. The Morgan fingerprint density at radius 3 is 2.68 bits per heavy atom. The van der Waals surface area contributed by atoms with E-state index in [1.54, 1.807) is 32.4 Å². The number of nitrogens with zero attached hydrogens (tertiary/aromatic N) is 2. The summed E-state index contributed by atoms with van der Waals surface area (Å²) >= 11 is 5.99. The number of hydrogen-bond donors (Lipinski definition) is 1. The van der Waals surface area contributed by atoms with Crippen molar-refractivity contribution in [1.29, 1.82) is 5.26 Å². The zero-order valence-corrected chi connectivity index (χ0v) is 16.8. The number of carbonyl (C=O) groups is 1. The van der Waals surface area contributed by atoms with Crippen LogP contribution < -0.4 is 14.8 Å². The van der Waals surface area contributed by atoms with Gasteiger partial charge in [-0.25, -0.2) is 0 Å². The molecule has 0 radical (unpaired) electrons. The summed E-state index contributed by atoms with van der Waals surface area (Å²) in [6.45, 7) is 3.03. The van der Waals surface area contributed by atoms with E-state index in [4.69, 9.17) is 21.1 Å². The number of methoxy groups -OCH3 is 2. The first-order chi connectivity index (χ1) is 13.5. The number of rotatable bonds is 5. The number of amides is 1. The van der Waals surface area contributed by atoms with Gasteiger partial charge in [-0.1, -0.05) is 11.6 Å². The Bertz CT molecular complexity index is 939. The van der Waals surface area contributed by atoms with Crippen LogP contribution in [-0.2, 0) is 11.2 Å². The summed E-state index contributed by atoms with van der Waals surface area (Å²) in [6, 6.07) is 10.9. The molecule has 7 heteroatoms. The molecule has 3 rings (SSSR count). The molecular weight excluding hydrogens is 378 g/mol. The SMILES string of the molecule is COc1cc2c(cc1OC)[C@@H](C)N(CC(=O)Nc1cc(Cl)ccc1C#N)CC2. The van der Waals surface area contributed by atoms with Crippen LogP contribution in [0.4, 0.5) is 5.69 Å². The minimum absolute atomic E-state index is 0.0455. The summed E-state index contributed by atoms with van der Waals surface area (Å²) < 4.78 is 10.8. The molecule has 0 bridgehead atoms. The molecule has 0 saturated heterocycles. The van der Waals surface area contributed by atoms with Crippen LogP contribution >= 0.6 is 11.6 Å². The predicted octanol–water partition coefficient (Wildman–Crippen LogP) is 3.79. The summed E-state index contributed by atoms with van der Waals surface area (Å²) in [6.07, 6.45) is 0.813. The van der Waals surface area contributed by atoms with Crippen molar-refractivity contribution in [2.24, 2.45) is 0 Å². The smallest absolute Gasteiger partial charge is 0.238 e. The Kier molecular flexibility index (Phi) is 6.08. The van der Waals surface area contributed by atoms with E-state index in [9.17, 15) is 10.1 Å². The van der Waals surface area contributed by atoms with Crippen molar-refractivity contribution in [2.45, 2.75) is 19.4 Å². The lowest BCUT2D eigenvalue weighted by molar-refractivity contribution is -0.117. The highest BCUT2D eigenvalue weighted by atomic mass is 35.5. The molecule has 1 atom stereocenters. The Labute approximate surface area is 169 Å². The van der Waals surface area contributed by atoms with Crippen LogP contribution in [-0.4, -0.2) is 38.1 Å². The number of carbonyl (C=O) groups excluding carboxylic acids is 1.